The van der Waals surface area contributed by atoms with Gasteiger partial charge < -0.3 is 30.4 Å². The molecular formula is C28H37Cl2N5O4. The summed E-state index contributed by atoms with van der Waals surface area (Å²) in [6.45, 7) is 3.46. The molecule has 11 heteroatoms. The topological polar surface area (TPSA) is 120 Å². The van der Waals surface area contributed by atoms with Gasteiger partial charge in [-0.15, -0.1) is 24.8 Å². The highest BCUT2D eigenvalue weighted by Crippen LogP contribution is 2.41. The van der Waals surface area contributed by atoms with E-state index in [1.165, 1.54) is 0 Å². The first-order chi connectivity index (χ1) is 17.9. The Morgan fingerprint density at radius 1 is 1.21 bits per heavy atom. The largest absolute Gasteiger partial charge is 0.507 e. The molecule has 0 bridgehead atoms. The number of amides is 1. The van der Waals surface area contributed by atoms with Crippen molar-refractivity contribution in [1.29, 1.82) is 0 Å². The predicted molar refractivity (Wildman–Crippen MR) is 158 cm³/mol. The molecule has 1 saturated carbocycles. The first kappa shape index (κ1) is 30.7. The highest BCUT2D eigenvalue weighted by molar-refractivity contribution is 5.98. The number of benzene rings is 1. The van der Waals surface area contributed by atoms with E-state index >= 15 is 0 Å². The number of pyridine rings is 2. The van der Waals surface area contributed by atoms with Crippen LogP contribution in [0, 0.1) is 5.92 Å². The number of likely N-dealkylation sites (N-methyl/N-ethyl adjacent to an activating group) is 1. The minimum Gasteiger partial charge on any atom is -0.507 e. The van der Waals surface area contributed by atoms with Gasteiger partial charge in [0.2, 0.25) is 0 Å². The highest BCUT2D eigenvalue weighted by Gasteiger charge is 2.25. The van der Waals surface area contributed by atoms with E-state index < -0.39 is 11.5 Å². The maximum absolute atomic E-state index is 13.0. The number of hydrogen-bond acceptors (Lipinski definition) is 7. The zero-order valence-electron chi connectivity index (χ0n) is 22.3. The number of ether oxygens (including phenoxy) is 1. The lowest BCUT2D eigenvalue weighted by Gasteiger charge is -2.25. The number of nitrogens with one attached hydrogen (secondary N) is 3. The molecule has 5 rings (SSSR count). The summed E-state index contributed by atoms with van der Waals surface area (Å²) in [6.07, 6.45) is 4.32. The summed E-state index contributed by atoms with van der Waals surface area (Å²) >= 11 is 0. The molecule has 1 aliphatic heterocycles. The molecule has 1 aliphatic carbocycles. The van der Waals surface area contributed by atoms with Gasteiger partial charge >= 0.3 is 0 Å². The van der Waals surface area contributed by atoms with Crippen molar-refractivity contribution < 1.29 is 14.6 Å². The number of aromatic hydroxyl groups is 1. The number of aromatic amines is 1. The van der Waals surface area contributed by atoms with Crippen LogP contribution in [0.25, 0.3) is 22.3 Å². The number of piperidine rings is 1. The Balaban J connectivity index is 0.00000210. The Kier molecular flexibility index (Phi) is 10.6. The normalized spacial score (nSPS) is 16.8. The number of fused-ring (bicyclic) bond motifs is 1. The number of carbonyl (C=O) groups is 1. The van der Waals surface area contributed by atoms with Crippen molar-refractivity contribution >= 4 is 41.8 Å². The maximum atomic E-state index is 13.0. The van der Waals surface area contributed by atoms with Crippen molar-refractivity contribution in [3.05, 3.63) is 51.8 Å². The van der Waals surface area contributed by atoms with Gasteiger partial charge in [0.25, 0.3) is 11.5 Å². The van der Waals surface area contributed by atoms with Crippen molar-refractivity contribution in [2.45, 2.75) is 31.6 Å². The van der Waals surface area contributed by atoms with E-state index in [0.29, 0.717) is 48.3 Å². The fourth-order valence-corrected chi connectivity index (χ4v) is 4.84. The van der Waals surface area contributed by atoms with Crippen LogP contribution in [0.3, 0.4) is 0 Å². The van der Waals surface area contributed by atoms with Crippen LogP contribution >= 0.6 is 24.8 Å². The molecule has 1 amide bonds. The molecule has 1 atom stereocenters. The summed E-state index contributed by atoms with van der Waals surface area (Å²) in [7, 11) is 3.85. The summed E-state index contributed by atoms with van der Waals surface area (Å²) in [4.78, 5) is 35.4. The molecule has 2 fully saturated rings. The average Bonchev–Trinajstić information content (AvgIpc) is 3.71. The minimum absolute atomic E-state index is 0. The van der Waals surface area contributed by atoms with Crippen LogP contribution in [0.2, 0.25) is 0 Å². The molecule has 212 valence electrons. The number of H-pyrrole nitrogens is 1. The van der Waals surface area contributed by atoms with E-state index in [0.717, 1.165) is 49.7 Å². The Bertz CT molecular complexity index is 1350. The van der Waals surface area contributed by atoms with E-state index in [4.69, 9.17) is 9.72 Å². The Morgan fingerprint density at radius 2 is 2.00 bits per heavy atom. The molecule has 4 N–H and O–H groups in total. The van der Waals surface area contributed by atoms with Crippen LogP contribution in [0.4, 0.5) is 0 Å². The molecule has 3 aromatic rings. The quantitative estimate of drug-likeness (QED) is 0.306. The molecule has 2 aliphatic rings. The zero-order chi connectivity index (χ0) is 25.9. The van der Waals surface area contributed by atoms with Crippen molar-refractivity contribution in [3.63, 3.8) is 0 Å². The lowest BCUT2D eigenvalue weighted by atomic mass is 9.88. The number of phenols is 1. The van der Waals surface area contributed by atoms with Gasteiger partial charge in [-0.05, 0) is 88.0 Å². The van der Waals surface area contributed by atoms with Gasteiger partial charge in [0.05, 0.1) is 17.9 Å². The number of hydrogen-bond donors (Lipinski definition) is 4. The second-order valence-electron chi connectivity index (χ2n) is 10.4. The molecule has 1 saturated heterocycles. The minimum atomic E-state index is -0.491. The van der Waals surface area contributed by atoms with E-state index in [2.05, 4.69) is 15.6 Å². The third-order valence-corrected chi connectivity index (χ3v) is 7.11. The summed E-state index contributed by atoms with van der Waals surface area (Å²) in [5.74, 6) is 0.980. The summed E-state index contributed by atoms with van der Waals surface area (Å²) in [5.41, 5.74) is 2.01. The van der Waals surface area contributed by atoms with Gasteiger partial charge in [0.15, 0.2) is 0 Å². The Hall–Kier alpha value is -2.85. The lowest BCUT2D eigenvalue weighted by Crippen LogP contribution is -2.34. The fourth-order valence-electron chi connectivity index (χ4n) is 4.84. The smallest absolute Gasteiger partial charge is 0.262 e. The first-order valence-corrected chi connectivity index (χ1v) is 13.1. The number of halogens is 2. The van der Waals surface area contributed by atoms with Crippen molar-refractivity contribution in [1.82, 2.24) is 25.5 Å². The third kappa shape index (κ3) is 7.22. The molecule has 9 nitrogen and oxygen atoms in total. The summed E-state index contributed by atoms with van der Waals surface area (Å²) in [6, 6.07) is 8.86. The monoisotopic (exact) mass is 577 g/mol. The fraction of sp³-hybridized carbons (Fsp3) is 0.464. The van der Waals surface area contributed by atoms with Gasteiger partial charge in [-0.1, -0.05) is 6.07 Å². The maximum Gasteiger partial charge on any atom is 0.262 e. The molecule has 3 heterocycles. The Labute approximate surface area is 240 Å². The van der Waals surface area contributed by atoms with E-state index in [9.17, 15) is 14.7 Å². The lowest BCUT2D eigenvalue weighted by molar-refractivity contribution is 0.0949. The molecule has 0 spiro atoms. The standard InChI is InChI=1S/C28H35N5O4.2ClH/c1-33(2)12-11-30-27(35)21-13-20-19(18-5-4-10-29-15-18)14-22(31-26(20)32-28(21)36)25-23(34)6-3-7-24(25)37-16-17-8-9-17;;/h3,6-7,13-14,17-18,29,34H,4-5,8-12,15-16H2,1-2H3,(H,30,35)(H,31,32,36);2*1H. The van der Waals surface area contributed by atoms with Crippen LogP contribution in [0.1, 0.15) is 47.5 Å². The van der Waals surface area contributed by atoms with Crippen molar-refractivity contribution in [2.24, 2.45) is 5.92 Å². The van der Waals surface area contributed by atoms with Crippen molar-refractivity contribution in [3.8, 4) is 22.8 Å². The zero-order valence-corrected chi connectivity index (χ0v) is 23.9. The SMILES string of the molecule is CN(C)CCNC(=O)c1cc2c(C3CCCNC3)cc(-c3c(O)cccc3OCC3CC3)nc2[nH]c1=O.Cl.Cl. The second-order valence-corrected chi connectivity index (χ2v) is 10.4. The van der Waals surface area contributed by atoms with Crippen LogP contribution < -0.4 is 20.9 Å². The van der Waals surface area contributed by atoms with E-state index in [1.807, 2.05) is 31.1 Å². The average molecular weight is 579 g/mol. The van der Waals surface area contributed by atoms with Crippen LogP contribution in [-0.4, -0.2) is 72.8 Å². The number of carbonyl (C=O) groups excluding carboxylic acids is 1. The molecule has 2 aromatic heterocycles. The molecule has 1 unspecified atom stereocenters. The Morgan fingerprint density at radius 3 is 2.69 bits per heavy atom. The molecular weight excluding hydrogens is 541 g/mol. The second kappa shape index (κ2) is 13.5. The van der Waals surface area contributed by atoms with E-state index in [1.54, 1.807) is 18.2 Å². The molecule has 39 heavy (non-hydrogen) atoms. The van der Waals surface area contributed by atoms with Crippen molar-refractivity contribution in [2.75, 3.05) is 46.9 Å². The van der Waals surface area contributed by atoms with Crippen LogP contribution in [0.5, 0.6) is 11.5 Å². The predicted octanol–water partition coefficient (Wildman–Crippen LogP) is 3.69. The van der Waals surface area contributed by atoms with Gasteiger partial charge in [0.1, 0.15) is 22.7 Å². The highest BCUT2D eigenvalue weighted by atomic mass is 35.5. The first-order valence-electron chi connectivity index (χ1n) is 13.1. The van der Waals surface area contributed by atoms with Gasteiger partial charge in [-0.3, -0.25) is 9.59 Å². The number of phenolic OH excluding ortho intramolecular Hbond substituents is 1. The molecule has 1 aromatic carbocycles. The number of aromatic nitrogens is 2. The summed E-state index contributed by atoms with van der Waals surface area (Å²) in [5, 5.41) is 17.9. The van der Waals surface area contributed by atoms with Crippen LogP contribution in [0.15, 0.2) is 35.1 Å². The molecule has 0 radical (unpaired) electrons. The summed E-state index contributed by atoms with van der Waals surface area (Å²) < 4.78 is 6.08. The van der Waals surface area contributed by atoms with Gasteiger partial charge in [-0.25, -0.2) is 4.98 Å². The third-order valence-electron chi connectivity index (χ3n) is 7.11. The number of nitrogens with zero attached hydrogens (tertiary/aromatic N) is 2. The van der Waals surface area contributed by atoms with Gasteiger partial charge in [-0.2, -0.15) is 0 Å². The van der Waals surface area contributed by atoms with Crippen LogP contribution in [-0.2, 0) is 0 Å². The van der Waals surface area contributed by atoms with Gasteiger partial charge in [0, 0.05) is 25.0 Å². The number of rotatable bonds is 9. The van der Waals surface area contributed by atoms with E-state index in [-0.39, 0.29) is 42.0 Å².